The van der Waals surface area contributed by atoms with Crippen LogP contribution in [0, 0.1) is 6.92 Å². The van der Waals surface area contributed by atoms with Crippen LogP contribution in [-0.4, -0.2) is 15.0 Å². The van der Waals surface area contributed by atoms with Crippen LogP contribution < -0.4 is 0 Å². The van der Waals surface area contributed by atoms with E-state index in [0.717, 1.165) is 11.4 Å². The van der Waals surface area contributed by atoms with E-state index in [0.29, 0.717) is 5.92 Å². The van der Waals surface area contributed by atoms with Crippen LogP contribution in [0.1, 0.15) is 56.4 Å². The smallest absolute Gasteiger partial charge is 0.0896 e. The van der Waals surface area contributed by atoms with Crippen molar-refractivity contribution in [3.8, 4) is 5.69 Å². The molecule has 1 aliphatic carbocycles. The van der Waals surface area contributed by atoms with Gasteiger partial charge < -0.3 is 0 Å². The van der Waals surface area contributed by atoms with Crippen molar-refractivity contribution >= 4 is 0 Å². The van der Waals surface area contributed by atoms with Crippen LogP contribution in [0.4, 0.5) is 0 Å². The molecule has 3 heteroatoms. The van der Waals surface area contributed by atoms with Gasteiger partial charge in [-0.3, -0.25) is 0 Å². The summed E-state index contributed by atoms with van der Waals surface area (Å²) in [5.41, 5.74) is 4.97. The molecule has 0 atom stereocenters. The fourth-order valence-electron chi connectivity index (χ4n) is 2.75. The van der Waals surface area contributed by atoms with E-state index in [9.17, 15) is 0 Å². The average molecular weight is 255 g/mol. The number of aromatic nitrogens is 3. The second-order valence-corrected chi connectivity index (χ2v) is 6.55. The number of benzene rings is 1. The van der Waals surface area contributed by atoms with Crippen molar-refractivity contribution in [2.45, 2.75) is 51.9 Å². The lowest BCUT2D eigenvalue weighted by molar-refractivity contribution is 0.572. The van der Waals surface area contributed by atoms with Crippen LogP contribution in [0.25, 0.3) is 5.69 Å². The average Bonchev–Trinajstić information content (AvgIpc) is 3.05. The molecule has 100 valence electrons. The van der Waals surface area contributed by atoms with Gasteiger partial charge in [-0.25, -0.2) is 0 Å². The Morgan fingerprint density at radius 3 is 2.58 bits per heavy atom. The zero-order valence-electron chi connectivity index (χ0n) is 12.1. The van der Waals surface area contributed by atoms with E-state index in [1.807, 2.05) is 6.20 Å². The number of rotatable bonds is 2. The zero-order chi connectivity index (χ0) is 13.6. The molecule has 1 heterocycles. The zero-order valence-corrected chi connectivity index (χ0v) is 12.1. The predicted molar refractivity (Wildman–Crippen MR) is 76.8 cm³/mol. The topological polar surface area (TPSA) is 30.7 Å². The van der Waals surface area contributed by atoms with Gasteiger partial charge in [0.15, 0.2) is 0 Å². The largest absolute Gasteiger partial charge is 0.157 e. The molecule has 19 heavy (non-hydrogen) atoms. The summed E-state index contributed by atoms with van der Waals surface area (Å²) in [6.45, 7) is 8.88. The lowest BCUT2D eigenvalue weighted by Crippen LogP contribution is -2.18. The summed E-state index contributed by atoms with van der Waals surface area (Å²) in [5.74, 6) is 0.650. The molecule has 1 aromatic heterocycles. The third kappa shape index (κ3) is 2.29. The summed E-state index contributed by atoms with van der Waals surface area (Å²) in [6, 6.07) is 6.36. The fourth-order valence-corrected chi connectivity index (χ4v) is 2.75. The minimum Gasteiger partial charge on any atom is -0.157 e. The van der Waals surface area contributed by atoms with Gasteiger partial charge >= 0.3 is 0 Å². The molecular formula is C16H21N3. The minimum absolute atomic E-state index is 0.0913. The van der Waals surface area contributed by atoms with Crippen LogP contribution in [-0.2, 0) is 5.41 Å². The second kappa shape index (κ2) is 4.19. The van der Waals surface area contributed by atoms with Crippen LogP contribution in [0.2, 0.25) is 0 Å². The highest BCUT2D eigenvalue weighted by molar-refractivity contribution is 5.48. The van der Waals surface area contributed by atoms with Crippen molar-refractivity contribution in [2.75, 3.05) is 0 Å². The maximum absolute atomic E-state index is 4.66. The Kier molecular flexibility index (Phi) is 2.73. The van der Waals surface area contributed by atoms with E-state index in [-0.39, 0.29) is 5.41 Å². The van der Waals surface area contributed by atoms with Gasteiger partial charge in [0, 0.05) is 5.92 Å². The molecule has 2 aromatic rings. The van der Waals surface area contributed by atoms with Crippen LogP contribution in [0.5, 0.6) is 0 Å². The first-order valence-electron chi connectivity index (χ1n) is 6.99. The molecule has 0 spiro atoms. The molecule has 1 fully saturated rings. The second-order valence-electron chi connectivity index (χ2n) is 6.55. The molecule has 1 aromatic carbocycles. The van der Waals surface area contributed by atoms with Crippen molar-refractivity contribution in [1.29, 1.82) is 0 Å². The molecule has 0 saturated heterocycles. The standard InChI is InChI=1S/C16H21N3/c1-11-6-5-7-14(15(11)16(2,3)4)19-17-10-13(18-19)12-8-9-12/h5-7,10,12H,8-9H2,1-4H3. The summed E-state index contributed by atoms with van der Waals surface area (Å²) < 4.78 is 0. The van der Waals surface area contributed by atoms with E-state index in [2.05, 4.69) is 56.1 Å². The SMILES string of the molecule is Cc1cccc(-n2ncc(C3CC3)n2)c1C(C)(C)C. The van der Waals surface area contributed by atoms with Gasteiger partial charge in [0.2, 0.25) is 0 Å². The Bertz CT molecular complexity index is 601. The molecule has 1 saturated carbocycles. The molecule has 0 unspecified atom stereocenters. The summed E-state index contributed by atoms with van der Waals surface area (Å²) in [7, 11) is 0. The Hall–Kier alpha value is -1.64. The van der Waals surface area contributed by atoms with Gasteiger partial charge in [0.25, 0.3) is 0 Å². The van der Waals surface area contributed by atoms with Gasteiger partial charge in [-0.05, 0) is 42.4 Å². The van der Waals surface area contributed by atoms with E-state index in [1.54, 1.807) is 4.80 Å². The van der Waals surface area contributed by atoms with Crippen LogP contribution >= 0.6 is 0 Å². The van der Waals surface area contributed by atoms with Crippen molar-refractivity contribution in [2.24, 2.45) is 0 Å². The number of nitrogens with zero attached hydrogens (tertiary/aromatic N) is 3. The van der Waals surface area contributed by atoms with Crippen molar-refractivity contribution in [1.82, 2.24) is 15.0 Å². The molecule has 3 rings (SSSR count). The first-order valence-corrected chi connectivity index (χ1v) is 6.99. The third-order valence-electron chi connectivity index (χ3n) is 3.72. The van der Waals surface area contributed by atoms with Gasteiger partial charge in [0.1, 0.15) is 0 Å². The summed E-state index contributed by atoms with van der Waals surface area (Å²) in [6.07, 6.45) is 4.45. The first-order chi connectivity index (χ1) is 8.97. The Balaban J connectivity index is 2.10. The molecule has 1 aliphatic rings. The van der Waals surface area contributed by atoms with Crippen LogP contribution in [0.15, 0.2) is 24.4 Å². The van der Waals surface area contributed by atoms with Crippen molar-refractivity contribution in [3.05, 3.63) is 41.2 Å². The maximum Gasteiger partial charge on any atom is 0.0896 e. The number of hydrogen-bond acceptors (Lipinski definition) is 2. The lowest BCUT2D eigenvalue weighted by Gasteiger charge is -2.24. The summed E-state index contributed by atoms with van der Waals surface area (Å²) in [5, 5.41) is 9.13. The van der Waals surface area contributed by atoms with Crippen molar-refractivity contribution < 1.29 is 0 Å². The van der Waals surface area contributed by atoms with E-state index < -0.39 is 0 Å². The van der Waals surface area contributed by atoms with Gasteiger partial charge in [0.05, 0.1) is 17.6 Å². The summed E-state index contributed by atoms with van der Waals surface area (Å²) >= 11 is 0. The molecule has 0 aliphatic heterocycles. The lowest BCUT2D eigenvalue weighted by atomic mass is 9.83. The number of hydrogen-bond donors (Lipinski definition) is 0. The highest BCUT2D eigenvalue weighted by Gasteiger charge is 2.27. The van der Waals surface area contributed by atoms with Crippen molar-refractivity contribution in [3.63, 3.8) is 0 Å². The van der Waals surface area contributed by atoms with E-state index in [4.69, 9.17) is 0 Å². The maximum atomic E-state index is 4.66. The molecular weight excluding hydrogens is 234 g/mol. The highest BCUT2D eigenvalue weighted by Crippen LogP contribution is 2.39. The normalized spacial score (nSPS) is 15.8. The van der Waals surface area contributed by atoms with E-state index in [1.165, 1.54) is 24.0 Å². The fraction of sp³-hybridized carbons (Fsp3) is 0.500. The van der Waals surface area contributed by atoms with Gasteiger partial charge in [-0.1, -0.05) is 32.9 Å². The third-order valence-corrected chi connectivity index (χ3v) is 3.72. The summed E-state index contributed by atoms with van der Waals surface area (Å²) in [4.78, 5) is 1.81. The Morgan fingerprint density at radius 2 is 1.95 bits per heavy atom. The number of aryl methyl sites for hydroxylation is 1. The van der Waals surface area contributed by atoms with E-state index >= 15 is 0 Å². The van der Waals surface area contributed by atoms with Gasteiger partial charge in [-0.2, -0.15) is 15.0 Å². The molecule has 0 bridgehead atoms. The minimum atomic E-state index is 0.0913. The first kappa shape index (κ1) is 12.4. The quantitative estimate of drug-likeness (QED) is 0.818. The molecule has 0 N–H and O–H groups in total. The predicted octanol–water partition coefficient (Wildman–Crippen LogP) is 3.75. The Morgan fingerprint density at radius 1 is 1.21 bits per heavy atom. The monoisotopic (exact) mass is 255 g/mol. The molecule has 3 nitrogen and oxygen atoms in total. The van der Waals surface area contributed by atoms with Crippen LogP contribution in [0.3, 0.4) is 0 Å². The highest BCUT2D eigenvalue weighted by atomic mass is 15.5. The molecule has 0 radical (unpaired) electrons. The Labute approximate surface area is 114 Å². The molecule has 0 amide bonds. The van der Waals surface area contributed by atoms with Gasteiger partial charge in [-0.15, -0.1) is 0 Å².